The molecule has 7 heteroatoms. The molecule has 0 saturated heterocycles. The Hall–Kier alpha value is -1.86. The van der Waals surface area contributed by atoms with Crippen LogP contribution in [0.25, 0.3) is 33.1 Å². The van der Waals surface area contributed by atoms with Crippen LogP contribution in [0.5, 0.6) is 11.5 Å². The summed E-state index contributed by atoms with van der Waals surface area (Å²) in [5.41, 5.74) is 4.43. The molecule has 0 radical (unpaired) electrons. The Morgan fingerprint density at radius 2 is 1.52 bits per heavy atom. The first-order valence-electron chi connectivity index (χ1n) is 8.95. The number of aryl methyl sites for hydroxylation is 1. The molecule has 27 heavy (non-hydrogen) atoms. The predicted octanol–water partition coefficient (Wildman–Crippen LogP) is 6.08. The van der Waals surface area contributed by atoms with Crippen LogP contribution in [-0.4, -0.2) is 27.7 Å². The van der Waals surface area contributed by atoms with Crippen LogP contribution in [0.3, 0.4) is 0 Å². The second-order valence-electron chi connectivity index (χ2n) is 6.08. The van der Waals surface area contributed by atoms with E-state index in [2.05, 4.69) is 49.4 Å². The monoisotopic (exact) mass is 491 g/mol. The predicted molar refractivity (Wildman–Crippen MR) is 116 cm³/mol. The molecule has 0 bridgehead atoms. The number of nitrogens with zero attached hydrogens (tertiary/aromatic N) is 3. The van der Waals surface area contributed by atoms with Gasteiger partial charge >= 0.3 is 0 Å². The highest BCUT2D eigenvalue weighted by molar-refractivity contribution is 9.11. The van der Waals surface area contributed by atoms with Crippen molar-refractivity contribution in [3.05, 3.63) is 33.2 Å². The summed E-state index contributed by atoms with van der Waals surface area (Å²) in [5, 5.41) is 1.06. The lowest BCUT2D eigenvalue weighted by molar-refractivity contribution is 0.288. The van der Waals surface area contributed by atoms with Gasteiger partial charge in [-0.2, -0.15) is 0 Å². The smallest absolute Gasteiger partial charge is 0.163 e. The lowest BCUT2D eigenvalue weighted by Gasteiger charge is -2.11. The average Bonchev–Trinajstić information content (AvgIpc) is 2.94. The van der Waals surface area contributed by atoms with Crippen LogP contribution in [-0.2, 0) is 6.54 Å². The molecule has 0 fully saturated rings. The maximum absolute atomic E-state index is 5.75. The van der Waals surface area contributed by atoms with Crippen LogP contribution in [0.2, 0.25) is 0 Å². The number of benzene rings is 2. The molecule has 0 amide bonds. The molecule has 0 aliphatic heterocycles. The number of fused-ring (bicyclic) bond motifs is 4. The van der Waals surface area contributed by atoms with Gasteiger partial charge in [0.05, 0.1) is 29.8 Å². The van der Waals surface area contributed by atoms with E-state index < -0.39 is 0 Å². The highest BCUT2D eigenvalue weighted by atomic mass is 79.9. The van der Waals surface area contributed by atoms with Crippen molar-refractivity contribution in [2.75, 3.05) is 13.2 Å². The van der Waals surface area contributed by atoms with E-state index >= 15 is 0 Å². The number of ether oxygens (including phenoxy) is 2. The Morgan fingerprint density at radius 1 is 0.889 bits per heavy atom. The molecular formula is C20H19Br2N3O2. The van der Waals surface area contributed by atoms with Gasteiger partial charge in [0.25, 0.3) is 0 Å². The Morgan fingerprint density at radius 3 is 2.11 bits per heavy atom. The fraction of sp³-hybridized carbons (Fsp3) is 0.300. The van der Waals surface area contributed by atoms with Gasteiger partial charge in [-0.25, -0.2) is 9.97 Å². The van der Waals surface area contributed by atoms with Crippen molar-refractivity contribution < 1.29 is 9.47 Å². The first kappa shape index (κ1) is 18.5. The van der Waals surface area contributed by atoms with Gasteiger partial charge in [-0.3, -0.25) is 0 Å². The second kappa shape index (κ2) is 7.28. The highest BCUT2D eigenvalue weighted by Gasteiger charge is 2.18. The van der Waals surface area contributed by atoms with E-state index in [9.17, 15) is 0 Å². The Labute approximate surface area is 173 Å². The fourth-order valence-corrected chi connectivity index (χ4v) is 4.83. The third-order valence-electron chi connectivity index (χ3n) is 4.44. The number of halogens is 2. The summed E-state index contributed by atoms with van der Waals surface area (Å²) in [7, 11) is 0. The molecule has 4 aromatic rings. The van der Waals surface area contributed by atoms with Crippen LogP contribution >= 0.6 is 31.9 Å². The summed E-state index contributed by atoms with van der Waals surface area (Å²) in [6.07, 6.45) is 0. The van der Waals surface area contributed by atoms with Crippen molar-refractivity contribution in [3.63, 3.8) is 0 Å². The molecule has 0 aliphatic rings. The average molecular weight is 493 g/mol. The van der Waals surface area contributed by atoms with E-state index in [-0.39, 0.29) is 0 Å². The summed E-state index contributed by atoms with van der Waals surface area (Å²) < 4.78 is 15.7. The minimum absolute atomic E-state index is 0.566. The molecule has 2 aromatic carbocycles. The summed E-state index contributed by atoms with van der Waals surface area (Å²) in [5.74, 6) is 1.39. The minimum atomic E-state index is 0.566. The van der Waals surface area contributed by atoms with E-state index in [1.807, 2.05) is 32.0 Å². The SMILES string of the molecule is CCOc1cc2nc3c4cc(Br)cc(Br)c4n(CC)c3nc2cc1OCC. The third kappa shape index (κ3) is 3.06. The molecule has 0 unspecified atom stereocenters. The molecule has 0 N–H and O–H groups in total. The number of hydrogen-bond acceptors (Lipinski definition) is 4. The zero-order valence-corrected chi connectivity index (χ0v) is 18.5. The molecule has 0 saturated carbocycles. The van der Waals surface area contributed by atoms with Gasteiger partial charge in [0.2, 0.25) is 0 Å². The number of aromatic nitrogens is 3. The van der Waals surface area contributed by atoms with Gasteiger partial charge in [-0.05, 0) is 48.8 Å². The maximum Gasteiger partial charge on any atom is 0.163 e. The lowest BCUT2D eigenvalue weighted by atomic mass is 10.2. The van der Waals surface area contributed by atoms with Gasteiger partial charge in [0, 0.05) is 33.0 Å². The van der Waals surface area contributed by atoms with Crippen molar-refractivity contribution >= 4 is 65.0 Å². The van der Waals surface area contributed by atoms with E-state index in [0.717, 1.165) is 48.6 Å². The van der Waals surface area contributed by atoms with Crippen molar-refractivity contribution in [2.24, 2.45) is 0 Å². The molecule has 4 rings (SSSR count). The Balaban J connectivity index is 2.10. The summed E-state index contributed by atoms with van der Waals surface area (Å²) in [6.45, 7) is 7.96. The van der Waals surface area contributed by atoms with E-state index in [1.54, 1.807) is 0 Å². The second-order valence-corrected chi connectivity index (χ2v) is 7.85. The van der Waals surface area contributed by atoms with Crippen LogP contribution in [0.1, 0.15) is 20.8 Å². The minimum Gasteiger partial charge on any atom is -0.490 e. The van der Waals surface area contributed by atoms with Crippen molar-refractivity contribution in [1.82, 2.24) is 14.5 Å². The van der Waals surface area contributed by atoms with Crippen LogP contribution < -0.4 is 9.47 Å². The zero-order chi connectivity index (χ0) is 19.1. The maximum atomic E-state index is 5.75. The van der Waals surface area contributed by atoms with Crippen molar-refractivity contribution in [1.29, 1.82) is 0 Å². The Bertz CT molecular complexity index is 1170. The normalized spacial score (nSPS) is 11.6. The van der Waals surface area contributed by atoms with E-state index in [1.165, 1.54) is 0 Å². The Kier molecular flexibility index (Phi) is 4.99. The number of hydrogen-bond donors (Lipinski definition) is 0. The third-order valence-corrected chi connectivity index (χ3v) is 5.50. The summed E-state index contributed by atoms with van der Waals surface area (Å²) in [4.78, 5) is 9.87. The first-order chi connectivity index (χ1) is 13.1. The first-order valence-corrected chi connectivity index (χ1v) is 10.5. The van der Waals surface area contributed by atoms with Gasteiger partial charge in [0.15, 0.2) is 17.1 Å². The quantitative estimate of drug-likeness (QED) is 0.338. The molecule has 0 spiro atoms. The van der Waals surface area contributed by atoms with Gasteiger partial charge in [-0.1, -0.05) is 15.9 Å². The molecule has 0 aliphatic carbocycles. The highest BCUT2D eigenvalue weighted by Crippen LogP contribution is 2.37. The molecule has 0 atom stereocenters. The van der Waals surface area contributed by atoms with Gasteiger partial charge in [-0.15, -0.1) is 0 Å². The van der Waals surface area contributed by atoms with Crippen LogP contribution in [0.15, 0.2) is 33.2 Å². The topological polar surface area (TPSA) is 49.2 Å². The molecular weight excluding hydrogens is 474 g/mol. The van der Waals surface area contributed by atoms with Crippen molar-refractivity contribution in [2.45, 2.75) is 27.3 Å². The fourth-order valence-electron chi connectivity index (χ4n) is 3.40. The largest absolute Gasteiger partial charge is 0.490 e. The molecule has 2 aromatic heterocycles. The lowest BCUT2D eigenvalue weighted by Crippen LogP contribution is -2.00. The van der Waals surface area contributed by atoms with E-state index in [4.69, 9.17) is 19.4 Å². The van der Waals surface area contributed by atoms with Gasteiger partial charge < -0.3 is 14.0 Å². The molecule has 5 nitrogen and oxygen atoms in total. The standard InChI is InChI=1S/C20H19Br2N3O2/c1-4-25-19-12(7-11(21)8-13(19)22)18-20(25)24-15-10-17(27-6-3)16(26-5-2)9-14(15)23-18/h7-10H,4-6H2,1-3H3. The number of rotatable bonds is 5. The molecule has 2 heterocycles. The van der Waals surface area contributed by atoms with Crippen LogP contribution in [0, 0.1) is 0 Å². The van der Waals surface area contributed by atoms with Crippen molar-refractivity contribution in [3.8, 4) is 11.5 Å². The van der Waals surface area contributed by atoms with E-state index in [0.29, 0.717) is 24.7 Å². The molecule has 140 valence electrons. The zero-order valence-electron chi connectivity index (χ0n) is 15.3. The van der Waals surface area contributed by atoms with Gasteiger partial charge in [0.1, 0.15) is 5.52 Å². The van der Waals surface area contributed by atoms with Crippen LogP contribution in [0.4, 0.5) is 0 Å². The summed E-state index contributed by atoms with van der Waals surface area (Å²) >= 11 is 7.28. The summed E-state index contributed by atoms with van der Waals surface area (Å²) in [6, 6.07) is 7.97.